The molecule has 0 radical (unpaired) electrons. The molecule has 1 rings (SSSR count). The molecule has 0 spiro atoms. The number of ether oxygens (including phenoxy) is 1. The van der Waals surface area contributed by atoms with Crippen molar-refractivity contribution in [2.75, 3.05) is 7.11 Å². The smallest absolute Gasteiger partial charge is 0.322 e. The van der Waals surface area contributed by atoms with Gasteiger partial charge in [0.15, 0.2) is 11.5 Å². The summed E-state index contributed by atoms with van der Waals surface area (Å²) >= 11 is 0. The Labute approximate surface area is 98.5 Å². The van der Waals surface area contributed by atoms with Gasteiger partial charge in [0.1, 0.15) is 6.04 Å². The Hall–Kier alpha value is -1.95. The highest BCUT2D eigenvalue weighted by Gasteiger charge is 2.15. The number of esters is 1. The van der Waals surface area contributed by atoms with Crippen molar-refractivity contribution in [2.24, 2.45) is 0 Å². The number of hydrogen-bond acceptors (Lipinski definition) is 6. The van der Waals surface area contributed by atoms with Crippen LogP contribution in [0.15, 0.2) is 12.1 Å². The number of phenolic OH excluding ortho intramolecular Hbond substituents is 3. The molecular weight excluding hydrogens is 226 g/mol. The van der Waals surface area contributed by atoms with Crippen molar-refractivity contribution in [3.05, 3.63) is 17.7 Å². The minimum Gasteiger partial charge on any atom is -0.504 e. The standard InChI is InChI=1S/C11H15NO5/c1-6(11(16)17-2)12-5-7-3-4-8(13)10(15)9(7)14/h3-4,6,12-15H,5H2,1-2H3/t6-/m0/s1. The van der Waals surface area contributed by atoms with Crippen molar-refractivity contribution in [3.8, 4) is 17.2 Å². The van der Waals surface area contributed by atoms with Crippen molar-refractivity contribution in [3.63, 3.8) is 0 Å². The second kappa shape index (κ2) is 5.40. The van der Waals surface area contributed by atoms with Gasteiger partial charge in [-0.3, -0.25) is 4.79 Å². The number of carbonyl (C=O) groups is 1. The third kappa shape index (κ3) is 3.01. The van der Waals surface area contributed by atoms with Crippen molar-refractivity contribution < 1.29 is 24.9 Å². The van der Waals surface area contributed by atoms with Crippen LogP contribution in [0.3, 0.4) is 0 Å². The van der Waals surface area contributed by atoms with Crippen LogP contribution in [0, 0.1) is 0 Å². The van der Waals surface area contributed by atoms with Gasteiger partial charge in [0.2, 0.25) is 5.75 Å². The first-order chi connectivity index (χ1) is 7.97. The lowest BCUT2D eigenvalue weighted by molar-refractivity contribution is -0.142. The van der Waals surface area contributed by atoms with Crippen LogP contribution in [0.25, 0.3) is 0 Å². The molecule has 1 atom stereocenters. The fourth-order valence-corrected chi connectivity index (χ4v) is 1.28. The number of methoxy groups -OCH3 is 1. The molecule has 1 aromatic carbocycles. The zero-order valence-corrected chi connectivity index (χ0v) is 9.60. The van der Waals surface area contributed by atoms with E-state index in [4.69, 9.17) is 5.11 Å². The minimum absolute atomic E-state index is 0.163. The van der Waals surface area contributed by atoms with Gasteiger partial charge in [-0.2, -0.15) is 0 Å². The molecule has 6 nitrogen and oxygen atoms in total. The maximum Gasteiger partial charge on any atom is 0.322 e. The first-order valence-electron chi connectivity index (χ1n) is 5.01. The second-order valence-electron chi connectivity index (χ2n) is 3.57. The van der Waals surface area contributed by atoms with Crippen LogP contribution in [-0.4, -0.2) is 34.4 Å². The van der Waals surface area contributed by atoms with Crippen molar-refractivity contribution >= 4 is 5.97 Å². The molecule has 1 aromatic rings. The number of aromatic hydroxyl groups is 3. The third-order valence-corrected chi connectivity index (χ3v) is 2.37. The molecule has 4 N–H and O–H groups in total. The Balaban J connectivity index is 2.70. The highest BCUT2D eigenvalue weighted by Crippen LogP contribution is 2.36. The molecule has 94 valence electrons. The van der Waals surface area contributed by atoms with Crippen LogP contribution >= 0.6 is 0 Å². The lowest BCUT2D eigenvalue weighted by Crippen LogP contribution is -2.34. The number of nitrogens with one attached hydrogen (secondary N) is 1. The summed E-state index contributed by atoms with van der Waals surface area (Å²) in [6.45, 7) is 1.78. The van der Waals surface area contributed by atoms with E-state index in [-0.39, 0.29) is 6.54 Å². The predicted molar refractivity (Wildman–Crippen MR) is 59.8 cm³/mol. The molecule has 0 bridgehead atoms. The van der Waals surface area contributed by atoms with E-state index in [9.17, 15) is 15.0 Å². The number of hydrogen-bond donors (Lipinski definition) is 4. The molecule has 0 aliphatic rings. The average molecular weight is 241 g/mol. The van der Waals surface area contributed by atoms with Crippen molar-refractivity contribution in [2.45, 2.75) is 19.5 Å². The van der Waals surface area contributed by atoms with Gasteiger partial charge in [0.05, 0.1) is 7.11 Å². The first-order valence-corrected chi connectivity index (χ1v) is 5.01. The molecule has 0 aliphatic heterocycles. The summed E-state index contributed by atoms with van der Waals surface area (Å²) in [6, 6.07) is 2.17. The average Bonchev–Trinajstić information content (AvgIpc) is 2.33. The summed E-state index contributed by atoms with van der Waals surface area (Å²) in [5, 5.41) is 30.7. The SMILES string of the molecule is COC(=O)[C@H](C)NCc1ccc(O)c(O)c1O. The lowest BCUT2D eigenvalue weighted by atomic mass is 10.1. The van der Waals surface area contributed by atoms with Gasteiger partial charge >= 0.3 is 5.97 Å². The molecule has 0 saturated carbocycles. The van der Waals surface area contributed by atoms with Gasteiger partial charge in [-0.15, -0.1) is 0 Å². The summed E-state index contributed by atoms with van der Waals surface area (Å²) in [4.78, 5) is 11.1. The van der Waals surface area contributed by atoms with E-state index < -0.39 is 29.3 Å². The Morgan fingerprint density at radius 2 is 2.00 bits per heavy atom. The summed E-state index contributed by atoms with van der Waals surface area (Å²) in [6.07, 6.45) is 0. The van der Waals surface area contributed by atoms with E-state index in [0.29, 0.717) is 5.56 Å². The van der Waals surface area contributed by atoms with Crippen molar-refractivity contribution in [1.82, 2.24) is 5.32 Å². The maximum absolute atomic E-state index is 11.1. The maximum atomic E-state index is 11.1. The Morgan fingerprint density at radius 1 is 1.35 bits per heavy atom. The highest BCUT2D eigenvalue weighted by molar-refractivity contribution is 5.75. The summed E-state index contributed by atoms with van der Waals surface area (Å²) in [5.41, 5.74) is 0.371. The second-order valence-corrected chi connectivity index (χ2v) is 3.57. The van der Waals surface area contributed by atoms with E-state index in [2.05, 4.69) is 10.1 Å². The first kappa shape index (κ1) is 13.1. The molecular formula is C11H15NO5. The van der Waals surface area contributed by atoms with Gasteiger partial charge in [-0.05, 0) is 13.0 Å². The summed E-state index contributed by atoms with van der Waals surface area (Å²) in [7, 11) is 1.28. The highest BCUT2D eigenvalue weighted by atomic mass is 16.5. The topological polar surface area (TPSA) is 99.0 Å². The molecule has 0 amide bonds. The molecule has 6 heteroatoms. The number of phenols is 3. The third-order valence-electron chi connectivity index (χ3n) is 2.37. The largest absolute Gasteiger partial charge is 0.504 e. The molecule has 0 fully saturated rings. The Bertz CT molecular complexity index is 419. The predicted octanol–water partition coefficient (Wildman–Crippen LogP) is 0.454. The number of rotatable bonds is 4. The van der Waals surface area contributed by atoms with Gasteiger partial charge < -0.3 is 25.4 Å². The molecule has 0 unspecified atom stereocenters. The molecule has 0 saturated heterocycles. The fourth-order valence-electron chi connectivity index (χ4n) is 1.28. The zero-order chi connectivity index (χ0) is 13.0. The Kier molecular flexibility index (Phi) is 4.17. The molecule has 0 heterocycles. The van der Waals surface area contributed by atoms with Crippen LogP contribution in [0.1, 0.15) is 12.5 Å². The van der Waals surface area contributed by atoms with Crippen molar-refractivity contribution in [1.29, 1.82) is 0 Å². The monoisotopic (exact) mass is 241 g/mol. The van der Waals surface area contributed by atoms with E-state index in [0.717, 1.165) is 0 Å². The van der Waals surface area contributed by atoms with Gasteiger partial charge in [0, 0.05) is 12.1 Å². The van der Waals surface area contributed by atoms with Gasteiger partial charge in [-0.1, -0.05) is 6.07 Å². The van der Waals surface area contributed by atoms with E-state index in [1.54, 1.807) is 6.92 Å². The van der Waals surface area contributed by atoms with Crippen LogP contribution in [0.4, 0.5) is 0 Å². The molecule has 0 aromatic heterocycles. The van der Waals surface area contributed by atoms with Crippen LogP contribution < -0.4 is 5.32 Å². The molecule has 0 aliphatic carbocycles. The quantitative estimate of drug-likeness (QED) is 0.451. The van der Waals surface area contributed by atoms with Crippen LogP contribution in [-0.2, 0) is 16.1 Å². The zero-order valence-electron chi connectivity index (χ0n) is 9.60. The lowest BCUT2D eigenvalue weighted by Gasteiger charge is -2.13. The van der Waals surface area contributed by atoms with E-state index in [1.807, 2.05) is 0 Å². The van der Waals surface area contributed by atoms with Crippen LogP contribution in [0.2, 0.25) is 0 Å². The Morgan fingerprint density at radius 3 is 2.59 bits per heavy atom. The van der Waals surface area contributed by atoms with Gasteiger partial charge in [-0.25, -0.2) is 0 Å². The summed E-state index contributed by atoms with van der Waals surface area (Å²) < 4.78 is 4.52. The van der Waals surface area contributed by atoms with E-state index >= 15 is 0 Å². The van der Waals surface area contributed by atoms with E-state index in [1.165, 1.54) is 19.2 Å². The summed E-state index contributed by atoms with van der Waals surface area (Å²) in [5.74, 6) is -1.80. The van der Waals surface area contributed by atoms with Gasteiger partial charge in [0.25, 0.3) is 0 Å². The van der Waals surface area contributed by atoms with Crippen LogP contribution in [0.5, 0.6) is 17.2 Å². The number of carbonyl (C=O) groups excluding carboxylic acids is 1. The minimum atomic E-state index is -0.574. The fraction of sp³-hybridized carbons (Fsp3) is 0.364. The normalized spacial score (nSPS) is 12.1. The molecule has 17 heavy (non-hydrogen) atoms. The number of benzene rings is 1.